The molecule has 2 atom stereocenters. The second-order valence-corrected chi connectivity index (χ2v) is 4.81. The maximum absolute atomic E-state index is 12.1. The van der Waals surface area contributed by atoms with Gasteiger partial charge in [0.25, 0.3) is 11.8 Å². The van der Waals surface area contributed by atoms with E-state index in [0.29, 0.717) is 11.5 Å². The second-order valence-electron chi connectivity index (χ2n) is 4.81. The van der Waals surface area contributed by atoms with Gasteiger partial charge in [0.15, 0.2) is 0 Å². The first-order valence-electron chi connectivity index (χ1n) is 6.14. The Hall–Kier alpha value is -1.43. The molecule has 0 aliphatic carbocycles. The summed E-state index contributed by atoms with van der Waals surface area (Å²) in [5.74, 6) is -2.19. The maximum atomic E-state index is 12.1. The van der Waals surface area contributed by atoms with Gasteiger partial charge in [-0.3, -0.25) is 9.59 Å². The predicted molar refractivity (Wildman–Crippen MR) is 64.0 cm³/mol. The Bertz CT molecular complexity index is 354. The highest BCUT2D eigenvalue weighted by atomic mass is 16.7. The third kappa shape index (κ3) is 3.07. The van der Waals surface area contributed by atoms with Crippen LogP contribution in [0.3, 0.4) is 0 Å². The van der Waals surface area contributed by atoms with Crippen molar-refractivity contribution < 1.29 is 19.2 Å². The van der Waals surface area contributed by atoms with Gasteiger partial charge in [0.2, 0.25) is 0 Å². The Morgan fingerprint density at radius 2 is 2.00 bits per heavy atom. The Kier molecular flexibility index (Phi) is 4.84. The smallest absolute Gasteiger partial charge is 0.330 e. The quantitative estimate of drug-likeness (QED) is 0.740. The van der Waals surface area contributed by atoms with Crippen LogP contribution in [0.1, 0.15) is 33.6 Å². The zero-order valence-electron chi connectivity index (χ0n) is 11.2. The second kappa shape index (κ2) is 5.95. The molecule has 18 heavy (non-hydrogen) atoms. The summed E-state index contributed by atoms with van der Waals surface area (Å²) in [6, 6.07) is -0.0640. The lowest BCUT2D eigenvalue weighted by atomic mass is 9.91. The number of amides is 2. The number of hydrogen-bond donors (Lipinski definition) is 1. The van der Waals surface area contributed by atoms with E-state index in [1.165, 1.54) is 0 Å². The summed E-state index contributed by atoms with van der Waals surface area (Å²) in [6.07, 6.45) is 0.698. The van der Waals surface area contributed by atoms with Crippen LogP contribution < -0.4 is 5.32 Å². The van der Waals surface area contributed by atoms with Gasteiger partial charge in [-0.1, -0.05) is 13.8 Å². The summed E-state index contributed by atoms with van der Waals surface area (Å²) in [6.45, 7) is 5.16. The molecule has 1 saturated heterocycles. The molecule has 6 nitrogen and oxygen atoms in total. The molecule has 2 unspecified atom stereocenters. The summed E-state index contributed by atoms with van der Waals surface area (Å²) in [5, 5.41) is 3.61. The first-order chi connectivity index (χ1) is 8.38. The molecule has 1 aliphatic heterocycles. The molecule has 0 spiro atoms. The monoisotopic (exact) mass is 256 g/mol. The van der Waals surface area contributed by atoms with Gasteiger partial charge in [0.05, 0.1) is 11.8 Å². The van der Waals surface area contributed by atoms with Crippen molar-refractivity contribution in [2.75, 3.05) is 7.05 Å². The Balaban J connectivity index is 2.78. The number of nitrogens with one attached hydrogen (secondary N) is 1. The van der Waals surface area contributed by atoms with Crippen LogP contribution in [0.4, 0.5) is 0 Å². The van der Waals surface area contributed by atoms with Crippen molar-refractivity contribution in [3.63, 3.8) is 0 Å². The van der Waals surface area contributed by atoms with Gasteiger partial charge >= 0.3 is 5.97 Å². The van der Waals surface area contributed by atoms with E-state index in [0.717, 1.165) is 0 Å². The minimum absolute atomic E-state index is 0.0640. The van der Waals surface area contributed by atoms with Gasteiger partial charge in [0.1, 0.15) is 0 Å². The zero-order valence-corrected chi connectivity index (χ0v) is 11.2. The number of carbonyl (C=O) groups excluding carboxylic acids is 3. The lowest BCUT2D eigenvalue weighted by molar-refractivity contribution is -0.210. The van der Waals surface area contributed by atoms with Gasteiger partial charge in [-0.15, -0.1) is 5.06 Å². The van der Waals surface area contributed by atoms with Gasteiger partial charge in [-0.05, 0) is 20.4 Å². The van der Waals surface area contributed by atoms with Crippen molar-refractivity contribution in [3.8, 4) is 0 Å². The number of nitrogens with zero attached hydrogens (tertiary/aromatic N) is 1. The number of carbonyl (C=O) groups is 3. The fraction of sp³-hybridized carbons (Fsp3) is 0.750. The largest absolute Gasteiger partial charge is 0.335 e. The number of piperidine rings is 1. The Morgan fingerprint density at radius 3 is 2.50 bits per heavy atom. The minimum atomic E-state index is -0.575. The molecular weight excluding hydrogens is 236 g/mol. The van der Waals surface area contributed by atoms with E-state index in [4.69, 9.17) is 4.84 Å². The van der Waals surface area contributed by atoms with Crippen LogP contribution in [0.5, 0.6) is 0 Å². The first kappa shape index (κ1) is 14.6. The lowest BCUT2D eigenvalue weighted by Gasteiger charge is -2.32. The first-order valence-corrected chi connectivity index (χ1v) is 6.14. The van der Waals surface area contributed by atoms with Crippen LogP contribution >= 0.6 is 0 Å². The molecular formula is C12H20N2O4. The third-order valence-electron chi connectivity index (χ3n) is 3.12. The number of hydroxylamine groups is 2. The zero-order chi connectivity index (χ0) is 13.9. The molecule has 0 saturated carbocycles. The number of imide groups is 1. The van der Waals surface area contributed by atoms with Gasteiger partial charge in [0, 0.05) is 12.5 Å². The van der Waals surface area contributed by atoms with Gasteiger partial charge in [-0.25, -0.2) is 4.79 Å². The Labute approximate surface area is 107 Å². The van der Waals surface area contributed by atoms with Crippen molar-refractivity contribution in [3.05, 3.63) is 0 Å². The predicted octanol–water partition coefficient (Wildman–Crippen LogP) is 0.474. The molecule has 1 N–H and O–H groups in total. The molecule has 6 heteroatoms. The van der Waals surface area contributed by atoms with Crippen LogP contribution in [0.2, 0.25) is 0 Å². The lowest BCUT2D eigenvalue weighted by Crippen LogP contribution is -2.51. The molecule has 0 aromatic rings. The normalized spacial score (nSPS) is 22.3. The summed E-state index contributed by atoms with van der Waals surface area (Å²) >= 11 is 0. The SMILES string of the molecule is CNC(C)C1CCC(=O)N(OC(=O)C(C)C)C1=O. The van der Waals surface area contributed by atoms with E-state index in [1.54, 1.807) is 20.9 Å². The van der Waals surface area contributed by atoms with Crippen LogP contribution in [-0.2, 0) is 19.2 Å². The number of rotatable bonds is 4. The van der Waals surface area contributed by atoms with Crippen LogP contribution in [0, 0.1) is 11.8 Å². The topological polar surface area (TPSA) is 75.7 Å². The molecule has 1 heterocycles. The summed E-state index contributed by atoms with van der Waals surface area (Å²) in [7, 11) is 1.75. The average molecular weight is 256 g/mol. The summed E-state index contributed by atoms with van der Waals surface area (Å²) < 4.78 is 0. The summed E-state index contributed by atoms with van der Waals surface area (Å²) in [5.41, 5.74) is 0. The molecule has 0 aromatic carbocycles. The Morgan fingerprint density at radius 1 is 1.39 bits per heavy atom. The average Bonchev–Trinajstić information content (AvgIpc) is 2.33. The molecule has 0 radical (unpaired) electrons. The van der Waals surface area contributed by atoms with E-state index in [-0.39, 0.29) is 24.3 Å². The van der Waals surface area contributed by atoms with E-state index in [1.807, 2.05) is 6.92 Å². The van der Waals surface area contributed by atoms with E-state index < -0.39 is 17.8 Å². The molecule has 0 aromatic heterocycles. The highest BCUT2D eigenvalue weighted by molar-refractivity contribution is 5.98. The van der Waals surface area contributed by atoms with E-state index in [9.17, 15) is 14.4 Å². The molecule has 2 amide bonds. The van der Waals surface area contributed by atoms with E-state index in [2.05, 4.69) is 5.32 Å². The summed E-state index contributed by atoms with van der Waals surface area (Å²) in [4.78, 5) is 40.0. The highest BCUT2D eigenvalue weighted by Gasteiger charge is 2.39. The minimum Gasteiger partial charge on any atom is -0.330 e. The fourth-order valence-corrected chi connectivity index (χ4v) is 1.73. The maximum Gasteiger partial charge on any atom is 0.335 e. The van der Waals surface area contributed by atoms with Crippen molar-refractivity contribution in [2.45, 2.75) is 39.7 Å². The van der Waals surface area contributed by atoms with Gasteiger partial charge < -0.3 is 10.2 Å². The molecule has 1 fully saturated rings. The van der Waals surface area contributed by atoms with Crippen LogP contribution in [-0.4, -0.2) is 35.9 Å². The van der Waals surface area contributed by atoms with E-state index >= 15 is 0 Å². The molecule has 1 rings (SSSR count). The standard InChI is InChI=1S/C12H20N2O4/c1-7(2)12(17)18-14-10(15)6-5-9(11(14)16)8(3)13-4/h7-9,13H,5-6H2,1-4H3. The van der Waals surface area contributed by atoms with Crippen molar-refractivity contribution in [1.82, 2.24) is 10.4 Å². The van der Waals surface area contributed by atoms with Crippen molar-refractivity contribution in [2.24, 2.45) is 11.8 Å². The highest BCUT2D eigenvalue weighted by Crippen LogP contribution is 2.23. The molecule has 102 valence electrons. The van der Waals surface area contributed by atoms with Crippen LogP contribution in [0.15, 0.2) is 0 Å². The fourth-order valence-electron chi connectivity index (χ4n) is 1.73. The number of hydrogen-bond acceptors (Lipinski definition) is 5. The third-order valence-corrected chi connectivity index (χ3v) is 3.12. The molecule has 0 bridgehead atoms. The van der Waals surface area contributed by atoms with Crippen molar-refractivity contribution >= 4 is 17.8 Å². The van der Waals surface area contributed by atoms with Gasteiger partial charge in [-0.2, -0.15) is 0 Å². The molecule has 1 aliphatic rings. The van der Waals surface area contributed by atoms with Crippen molar-refractivity contribution in [1.29, 1.82) is 0 Å². The van der Waals surface area contributed by atoms with Crippen LogP contribution in [0.25, 0.3) is 0 Å².